The Balaban J connectivity index is 1.83. The largest absolute Gasteiger partial charge is 0.349 e. The molecule has 0 aromatic heterocycles. The summed E-state index contributed by atoms with van der Waals surface area (Å²) in [6.45, 7) is 2.06. The van der Waals surface area contributed by atoms with Crippen LogP contribution in [0.25, 0.3) is 0 Å². The summed E-state index contributed by atoms with van der Waals surface area (Å²) < 4.78 is 0. The second-order valence-electron chi connectivity index (χ2n) is 5.08. The van der Waals surface area contributed by atoms with Crippen LogP contribution in [0.5, 0.6) is 0 Å². The Hall–Kier alpha value is -2.17. The minimum absolute atomic E-state index is 0.360. The maximum absolute atomic E-state index is 11.9. The zero-order valence-corrected chi connectivity index (χ0v) is 11.4. The normalized spacial score (nSPS) is 15.2. The summed E-state index contributed by atoms with van der Waals surface area (Å²) in [5.41, 5.74) is 0.463. The Morgan fingerprint density at radius 1 is 1.20 bits per heavy atom. The van der Waals surface area contributed by atoms with Gasteiger partial charge in [-0.05, 0) is 37.8 Å². The molecule has 1 aromatic carbocycles. The molecule has 106 valence electrons. The topological polar surface area (TPSA) is 75.3 Å². The van der Waals surface area contributed by atoms with Crippen molar-refractivity contribution < 1.29 is 14.4 Å². The average Bonchev–Trinajstić information content (AvgIpc) is 3.29. The molecular formula is C15H18N2O3. The average molecular weight is 274 g/mol. The van der Waals surface area contributed by atoms with Crippen LogP contribution in [-0.2, 0) is 9.59 Å². The number of amides is 2. The highest BCUT2D eigenvalue weighted by molar-refractivity contribution is 6.38. The summed E-state index contributed by atoms with van der Waals surface area (Å²) in [4.78, 5) is 35.3. The molecule has 0 spiro atoms. The van der Waals surface area contributed by atoms with Crippen molar-refractivity contribution in [2.24, 2.45) is 5.92 Å². The van der Waals surface area contributed by atoms with E-state index in [0.29, 0.717) is 18.0 Å². The molecule has 5 heteroatoms. The van der Waals surface area contributed by atoms with Gasteiger partial charge in [0.05, 0.1) is 6.04 Å². The Bertz CT molecular complexity index is 509. The van der Waals surface area contributed by atoms with E-state index in [0.717, 1.165) is 12.8 Å². The highest BCUT2D eigenvalue weighted by atomic mass is 16.2. The van der Waals surface area contributed by atoms with Gasteiger partial charge in [-0.1, -0.05) is 18.2 Å². The van der Waals surface area contributed by atoms with E-state index in [2.05, 4.69) is 10.6 Å². The molecule has 1 fully saturated rings. The predicted molar refractivity (Wildman–Crippen MR) is 74.1 cm³/mol. The first kappa shape index (κ1) is 14.2. The lowest BCUT2D eigenvalue weighted by Gasteiger charge is -2.12. The molecular weight excluding hydrogens is 256 g/mol. The minimum atomic E-state index is -0.832. The number of Topliss-reactive ketones (excluding diaryl/α,β-unsaturated/α-hetero) is 1. The molecule has 0 saturated heterocycles. The van der Waals surface area contributed by atoms with Crippen LogP contribution in [0.4, 0.5) is 0 Å². The van der Waals surface area contributed by atoms with Gasteiger partial charge in [0.25, 0.3) is 11.8 Å². The molecule has 2 amide bonds. The van der Waals surface area contributed by atoms with E-state index in [1.807, 2.05) is 0 Å². The fourth-order valence-corrected chi connectivity index (χ4v) is 1.78. The molecule has 1 saturated carbocycles. The van der Waals surface area contributed by atoms with E-state index in [1.54, 1.807) is 30.3 Å². The standard InChI is InChI=1S/C15H18N2O3/c1-10(13(18)15(20)16-9-11-7-8-11)17-14(19)12-5-3-2-4-6-12/h2-6,10-11H,7-9H2,1H3,(H,16,20)(H,17,19). The summed E-state index contributed by atoms with van der Waals surface area (Å²) in [5.74, 6) is -1.09. The molecule has 0 aliphatic heterocycles. The molecule has 1 aliphatic carbocycles. The lowest BCUT2D eigenvalue weighted by atomic mass is 10.1. The smallest absolute Gasteiger partial charge is 0.289 e. The molecule has 1 unspecified atom stereocenters. The first-order chi connectivity index (χ1) is 9.58. The maximum atomic E-state index is 11.9. The van der Waals surface area contributed by atoms with Gasteiger partial charge in [0.2, 0.25) is 5.78 Å². The van der Waals surface area contributed by atoms with Gasteiger partial charge < -0.3 is 10.6 Å². The Morgan fingerprint density at radius 3 is 2.45 bits per heavy atom. The zero-order chi connectivity index (χ0) is 14.5. The number of benzene rings is 1. The fraction of sp³-hybridized carbons (Fsp3) is 0.400. The van der Waals surface area contributed by atoms with Crippen LogP contribution < -0.4 is 10.6 Å². The quantitative estimate of drug-likeness (QED) is 0.757. The Labute approximate surface area is 117 Å². The lowest BCUT2D eigenvalue weighted by Crippen LogP contribution is -2.46. The van der Waals surface area contributed by atoms with Gasteiger partial charge in [0.1, 0.15) is 0 Å². The van der Waals surface area contributed by atoms with Gasteiger partial charge in [0.15, 0.2) is 0 Å². The van der Waals surface area contributed by atoms with Crippen molar-refractivity contribution in [2.75, 3.05) is 6.54 Å². The maximum Gasteiger partial charge on any atom is 0.289 e. The summed E-state index contributed by atoms with van der Waals surface area (Å²) in [7, 11) is 0. The highest BCUT2D eigenvalue weighted by Crippen LogP contribution is 2.27. The first-order valence-corrected chi connectivity index (χ1v) is 6.76. The van der Waals surface area contributed by atoms with Crippen LogP contribution in [0.2, 0.25) is 0 Å². The van der Waals surface area contributed by atoms with Gasteiger partial charge in [-0.15, -0.1) is 0 Å². The van der Waals surface area contributed by atoms with Crippen molar-refractivity contribution in [3.63, 3.8) is 0 Å². The third-order valence-corrected chi connectivity index (χ3v) is 3.25. The van der Waals surface area contributed by atoms with Crippen LogP contribution in [0, 0.1) is 5.92 Å². The van der Waals surface area contributed by atoms with Gasteiger partial charge in [0, 0.05) is 12.1 Å². The van der Waals surface area contributed by atoms with E-state index >= 15 is 0 Å². The number of carbonyl (C=O) groups is 3. The van der Waals surface area contributed by atoms with Crippen LogP contribution in [0.15, 0.2) is 30.3 Å². The van der Waals surface area contributed by atoms with E-state index < -0.39 is 17.7 Å². The molecule has 5 nitrogen and oxygen atoms in total. The van der Waals surface area contributed by atoms with Crippen LogP contribution in [0.1, 0.15) is 30.1 Å². The third-order valence-electron chi connectivity index (χ3n) is 3.25. The summed E-state index contributed by atoms with van der Waals surface area (Å²) in [5, 5.41) is 5.13. The monoisotopic (exact) mass is 274 g/mol. The predicted octanol–water partition coefficient (Wildman–Crippen LogP) is 0.900. The fourth-order valence-electron chi connectivity index (χ4n) is 1.78. The van der Waals surface area contributed by atoms with Gasteiger partial charge in [-0.2, -0.15) is 0 Å². The van der Waals surface area contributed by atoms with Crippen LogP contribution >= 0.6 is 0 Å². The number of hydrogen-bond acceptors (Lipinski definition) is 3. The second kappa shape index (κ2) is 6.32. The van der Waals surface area contributed by atoms with E-state index in [-0.39, 0.29) is 5.91 Å². The molecule has 2 N–H and O–H groups in total. The summed E-state index contributed by atoms with van der Waals surface area (Å²) >= 11 is 0. The van der Waals surface area contributed by atoms with Crippen molar-refractivity contribution >= 4 is 17.6 Å². The summed E-state index contributed by atoms with van der Waals surface area (Å²) in [6.07, 6.45) is 2.21. The third kappa shape index (κ3) is 3.91. The minimum Gasteiger partial charge on any atom is -0.349 e. The lowest BCUT2D eigenvalue weighted by molar-refractivity contribution is -0.138. The number of nitrogens with one attached hydrogen (secondary N) is 2. The van der Waals surface area contributed by atoms with Gasteiger partial charge in [-0.25, -0.2) is 0 Å². The van der Waals surface area contributed by atoms with Crippen molar-refractivity contribution in [1.29, 1.82) is 0 Å². The summed E-state index contributed by atoms with van der Waals surface area (Å²) in [6, 6.07) is 7.76. The van der Waals surface area contributed by atoms with Crippen LogP contribution in [0.3, 0.4) is 0 Å². The van der Waals surface area contributed by atoms with Crippen LogP contribution in [-0.4, -0.2) is 30.2 Å². The Morgan fingerprint density at radius 2 is 1.85 bits per heavy atom. The number of rotatable bonds is 6. The number of ketones is 1. The highest BCUT2D eigenvalue weighted by Gasteiger charge is 2.26. The van der Waals surface area contributed by atoms with E-state index in [9.17, 15) is 14.4 Å². The molecule has 1 atom stereocenters. The second-order valence-corrected chi connectivity index (χ2v) is 5.08. The van der Waals surface area contributed by atoms with Gasteiger partial charge >= 0.3 is 0 Å². The molecule has 0 radical (unpaired) electrons. The van der Waals surface area contributed by atoms with E-state index in [1.165, 1.54) is 6.92 Å². The van der Waals surface area contributed by atoms with E-state index in [4.69, 9.17) is 0 Å². The number of carbonyl (C=O) groups excluding carboxylic acids is 3. The zero-order valence-electron chi connectivity index (χ0n) is 11.4. The molecule has 1 aromatic rings. The Kier molecular flexibility index (Phi) is 4.50. The van der Waals surface area contributed by atoms with Crippen molar-refractivity contribution in [2.45, 2.75) is 25.8 Å². The van der Waals surface area contributed by atoms with Crippen molar-refractivity contribution in [3.05, 3.63) is 35.9 Å². The molecule has 2 rings (SSSR count). The molecule has 1 aliphatic rings. The number of hydrogen-bond donors (Lipinski definition) is 2. The van der Waals surface area contributed by atoms with Gasteiger partial charge in [-0.3, -0.25) is 14.4 Å². The van der Waals surface area contributed by atoms with Crippen molar-refractivity contribution in [1.82, 2.24) is 10.6 Å². The SMILES string of the molecule is CC(NC(=O)c1ccccc1)C(=O)C(=O)NCC1CC1. The van der Waals surface area contributed by atoms with Crippen molar-refractivity contribution in [3.8, 4) is 0 Å². The molecule has 20 heavy (non-hydrogen) atoms. The first-order valence-electron chi connectivity index (χ1n) is 6.76. The molecule has 0 bridgehead atoms. The molecule has 0 heterocycles.